The lowest BCUT2D eigenvalue weighted by Gasteiger charge is -2.03. The fourth-order valence-corrected chi connectivity index (χ4v) is 1.52. The molecule has 0 fully saturated rings. The lowest BCUT2D eigenvalue weighted by molar-refractivity contribution is 0.357. The van der Waals surface area contributed by atoms with Crippen LogP contribution < -0.4 is 4.74 Å². The molecule has 0 saturated heterocycles. The Balaban J connectivity index is 1.90. The van der Waals surface area contributed by atoms with Crippen LogP contribution in [0.25, 0.3) is 0 Å². The summed E-state index contributed by atoms with van der Waals surface area (Å²) >= 11 is 0. The highest BCUT2D eigenvalue weighted by Crippen LogP contribution is 2.09. The summed E-state index contributed by atoms with van der Waals surface area (Å²) in [7, 11) is 0. The van der Waals surface area contributed by atoms with Crippen molar-refractivity contribution in [3.8, 4) is 17.6 Å². The fourth-order valence-electron chi connectivity index (χ4n) is 1.52. The van der Waals surface area contributed by atoms with Crippen molar-refractivity contribution in [1.82, 2.24) is 0 Å². The summed E-state index contributed by atoms with van der Waals surface area (Å²) in [5, 5.41) is 0. The molecular weight excluding hydrogens is 232 g/mol. The quantitative estimate of drug-likeness (QED) is 0.746. The summed E-state index contributed by atoms with van der Waals surface area (Å²) in [5.74, 6) is 6.93. The van der Waals surface area contributed by atoms with Crippen molar-refractivity contribution in [2.75, 3.05) is 6.61 Å². The van der Waals surface area contributed by atoms with Gasteiger partial charge in [0.1, 0.15) is 12.4 Å². The van der Waals surface area contributed by atoms with Crippen LogP contribution in [-0.2, 0) is 0 Å². The highest BCUT2D eigenvalue weighted by Gasteiger charge is 1.93. The standard InChI is InChI=1S/C18H16O/c1-15-8-11-17(12-9-15)13-10-16(2)14-19-18-6-4-3-5-7-18/h3-9,11-12H,2,14H2,1H3. The monoisotopic (exact) mass is 248 g/mol. The number of rotatable bonds is 3. The van der Waals surface area contributed by atoms with Crippen LogP contribution >= 0.6 is 0 Å². The van der Waals surface area contributed by atoms with Gasteiger partial charge in [0.2, 0.25) is 0 Å². The Kier molecular flexibility index (Phi) is 4.42. The zero-order valence-corrected chi connectivity index (χ0v) is 11.0. The summed E-state index contributed by atoms with van der Waals surface area (Å²) in [6, 6.07) is 17.8. The maximum atomic E-state index is 5.57. The predicted molar refractivity (Wildman–Crippen MR) is 79.1 cm³/mol. The van der Waals surface area contributed by atoms with Gasteiger partial charge < -0.3 is 4.74 Å². The Morgan fingerprint density at radius 1 is 1.05 bits per heavy atom. The van der Waals surface area contributed by atoms with E-state index in [1.807, 2.05) is 54.6 Å². The van der Waals surface area contributed by atoms with Crippen LogP contribution in [-0.4, -0.2) is 6.61 Å². The van der Waals surface area contributed by atoms with Crippen LogP contribution in [0.15, 0.2) is 66.7 Å². The molecule has 0 aromatic heterocycles. The normalized spacial score (nSPS) is 9.32. The van der Waals surface area contributed by atoms with Gasteiger partial charge >= 0.3 is 0 Å². The molecule has 2 aromatic carbocycles. The van der Waals surface area contributed by atoms with Crippen molar-refractivity contribution in [2.45, 2.75) is 6.92 Å². The van der Waals surface area contributed by atoms with Gasteiger partial charge in [0.05, 0.1) is 0 Å². The molecule has 2 aromatic rings. The van der Waals surface area contributed by atoms with Gasteiger partial charge in [-0.25, -0.2) is 0 Å². The van der Waals surface area contributed by atoms with E-state index in [9.17, 15) is 0 Å². The second-order valence-corrected chi connectivity index (χ2v) is 4.32. The average molecular weight is 248 g/mol. The molecule has 0 atom stereocenters. The van der Waals surface area contributed by atoms with Gasteiger partial charge in [-0.15, -0.1) is 0 Å². The SMILES string of the molecule is C=C(C#Cc1ccc(C)cc1)COc1ccccc1. The van der Waals surface area contributed by atoms with E-state index in [4.69, 9.17) is 4.74 Å². The van der Waals surface area contributed by atoms with E-state index >= 15 is 0 Å². The molecule has 0 spiro atoms. The van der Waals surface area contributed by atoms with Crippen LogP contribution in [0.2, 0.25) is 0 Å². The van der Waals surface area contributed by atoms with Crippen molar-refractivity contribution in [1.29, 1.82) is 0 Å². The number of benzene rings is 2. The highest BCUT2D eigenvalue weighted by molar-refractivity contribution is 5.41. The molecule has 2 rings (SSSR count). The fraction of sp³-hybridized carbons (Fsp3) is 0.111. The van der Waals surface area contributed by atoms with Gasteiger partial charge in [-0.3, -0.25) is 0 Å². The summed E-state index contributed by atoms with van der Waals surface area (Å²) in [6.45, 7) is 6.38. The van der Waals surface area contributed by atoms with E-state index in [1.54, 1.807) is 0 Å². The lowest BCUT2D eigenvalue weighted by Crippen LogP contribution is -1.98. The van der Waals surface area contributed by atoms with Crippen molar-refractivity contribution in [3.63, 3.8) is 0 Å². The van der Waals surface area contributed by atoms with Crippen molar-refractivity contribution in [3.05, 3.63) is 77.9 Å². The first-order valence-electron chi connectivity index (χ1n) is 6.18. The molecular formula is C18H16O. The minimum Gasteiger partial charge on any atom is -0.488 e. The van der Waals surface area contributed by atoms with Crippen LogP contribution in [0.4, 0.5) is 0 Å². The zero-order valence-electron chi connectivity index (χ0n) is 11.0. The van der Waals surface area contributed by atoms with Crippen molar-refractivity contribution < 1.29 is 4.74 Å². The Labute approximate surface area is 114 Å². The van der Waals surface area contributed by atoms with E-state index in [2.05, 4.69) is 25.3 Å². The van der Waals surface area contributed by atoms with Gasteiger partial charge in [0, 0.05) is 11.1 Å². The third-order valence-corrected chi connectivity index (χ3v) is 2.59. The second-order valence-electron chi connectivity index (χ2n) is 4.32. The van der Waals surface area contributed by atoms with Gasteiger partial charge in [0.25, 0.3) is 0 Å². The maximum Gasteiger partial charge on any atom is 0.120 e. The van der Waals surface area contributed by atoms with E-state index in [1.165, 1.54) is 5.56 Å². The molecule has 0 N–H and O–H groups in total. The number of aryl methyl sites for hydroxylation is 1. The van der Waals surface area contributed by atoms with Crippen molar-refractivity contribution in [2.24, 2.45) is 0 Å². The molecule has 19 heavy (non-hydrogen) atoms. The first-order chi connectivity index (χ1) is 9.24. The molecule has 0 bridgehead atoms. The van der Waals surface area contributed by atoms with Crippen LogP contribution in [0.3, 0.4) is 0 Å². The van der Waals surface area contributed by atoms with Gasteiger partial charge in [0.15, 0.2) is 0 Å². The molecule has 1 heteroatoms. The third-order valence-electron chi connectivity index (χ3n) is 2.59. The predicted octanol–water partition coefficient (Wildman–Crippen LogP) is 3.98. The molecule has 0 amide bonds. The van der Waals surface area contributed by atoms with Gasteiger partial charge in [-0.05, 0) is 31.2 Å². The number of hydrogen-bond donors (Lipinski definition) is 0. The van der Waals surface area contributed by atoms with E-state index in [0.29, 0.717) is 6.61 Å². The molecule has 0 heterocycles. The highest BCUT2D eigenvalue weighted by atomic mass is 16.5. The van der Waals surface area contributed by atoms with Crippen LogP contribution in [0.1, 0.15) is 11.1 Å². The van der Waals surface area contributed by atoms with Crippen LogP contribution in [0.5, 0.6) is 5.75 Å². The molecule has 0 aliphatic rings. The summed E-state index contributed by atoms with van der Waals surface area (Å²) < 4.78 is 5.57. The third kappa shape index (κ3) is 4.37. The largest absolute Gasteiger partial charge is 0.488 e. The number of hydrogen-bond acceptors (Lipinski definition) is 1. The molecule has 0 aliphatic heterocycles. The smallest absolute Gasteiger partial charge is 0.120 e. The van der Waals surface area contributed by atoms with Gasteiger partial charge in [-0.1, -0.05) is 54.3 Å². The van der Waals surface area contributed by atoms with Gasteiger partial charge in [-0.2, -0.15) is 0 Å². The summed E-state index contributed by atoms with van der Waals surface area (Å²) in [4.78, 5) is 0. The summed E-state index contributed by atoms with van der Waals surface area (Å²) in [6.07, 6.45) is 0. The van der Waals surface area contributed by atoms with E-state index in [0.717, 1.165) is 16.9 Å². The Bertz CT molecular complexity index is 598. The Morgan fingerprint density at radius 3 is 2.42 bits per heavy atom. The second kappa shape index (κ2) is 6.47. The molecule has 0 radical (unpaired) electrons. The average Bonchev–Trinajstić information content (AvgIpc) is 2.45. The lowest BCUT2D eigenvalue weighted by atomic mass is 10.1. The topological polar surface area (TPSA) is 9.23 Å². The number of ether oxygens (including phenoxy) is 1. The van der Waals surface area contributed by atoms with E-state index < -0.39 is 0 Å². The zero-order chi connectivity index (χ0) is 13.5. The Hall–Kier alpha value is -2.46. The molecule has 0 saturated carbocycles. The number of para-hydroxylation sites is 1. The molecule has 0 aliphatic carbocycles. The minimum absolute atomic E-state index is 0.420. The van der Waals surface area contributed by atoms with Crippen LogP contribution in [0, 0.1) is 18.8 Å². The summed E-state index contributed by atoms with van der Waals surface area (Å²) in [5.41, 5.74) is 2.99. The minimum atomic E-state index is 0.420. The Morgan fingerprint density at radius 2 is 1.74 bits per heavy atom. The van der Waals surface area contributed by atoms with E-state index in [-0.39, 0.29) is 0 Å². The van der Waals surface area contributed by atoms with Crippen molar-refractivity contribution >= 4 is 0 Å². The first kappa shape index (κ1) is 13.0. The molecule has 0 unspecified atom stereocenters. The molecule has 94 valence electrons. The first-order valence-corrected chi connectivity index (χ1v) is 6.18. The molecule has 1 nitrogen and oxygen atoms in total. The maximum absolute atomic E-state index is 5.57.